The first kappa shape index (κ1) is 14.9. The van der Waals surface area contributed by atoms with Gasteiger partial charge in [-0.2, -0.15) is 4.52 Å². The summed E-state index contributed by atoms with van der Waals surface area (Å²) in [5.74, 6) is 0.614. The largest absolute Gasteiger partial charge is 0.464 e. The zero-order valence-corrected chi connectivity index (χ0v) is 13.6. The Hall–Kier alpha value is -2.70. The second-order valence-corrected chi connectivity index (χ2v) is 5.93. The van der Waals surface area contributed by atoms with Gasteiger partial charge in [-0.3, -0.25) is 0 Å². The van der Waals surface area contributed by atoms with Crippen molar-refractivity contribution < 1.29 is 9.53 Å². The molecular formula is C17H19N5O2. The molecule has 0 spiro atoms. The van der Waals surface area contributed by atoms with Crippen LogP contribution < -0.4 is 4.90 Å². The first-order valence-electron chi connectivity index (χ1n) is 8.31. The number of carbonyl (C=O) groups excluding carboxylic acids is 1. The quantitative estimate of drug-likeness (QED) is 0.687. The zero-order valence-electron chi connectivity index (χ0n) is 13.6. The Morgan fingerprint density at radius 2 is 2.12 bits per heavy atom. The van der Waals surface area contributed by atoms with E-state index in [1.165, 1.54) is 0 Å². The van der Waals surface area contributed by atoms with Crippen LogP contribution in [0.2, 0.25) is 0 Å². The molecule has 1 aromatic carbocycles. The Labute approximate surface area is 139 Å². The van der Waals surface area contributed by atoms with Crippen molar-refractivity contribution in [3.05, 3.63) is 30.6 Å². The van der Waals surface area contributed by atoms with E-state index in [0.717, 1.165) is 48.0 Å². The maximum absolute atomic E-state index is 12.4. The topological polar surface area (TPSA) is 72.6 Å². The van der Waals surface area contributed by atoms with E-state index in [4.69, 9.17) is 4.74 Å². The highest BCUT2D eigenvalue weighted by atomic mass is 16.5. The van der Waals surface area contributed by atoms with Crippen LogP contribution in [0, 0.1) is 0 Å². The molecule has 1 atom stereocenters. The molecule has 7 heteroatoms. The van der Waals surface area contributed by atoms with E-state index in [-0.39, 0.29) is 12.0 Å². The molecule has 0 amide bonds. The highest BCUT2D eigenvalue weighted by molar-refractivity contribution is 6.01. The van der Waals surface area contributed by atoms with Crippen molar-refractivity contribution in [1.82, 2.24) is 19.8 Å². The van der Waals surface area contributed by atoms with Crippen molar-refractivity contribution in [2.45, 2.75) is 32.2 Å². The molecular weight excluding hydrogens is 306 g/mol. The number of esters is 1. The number of hydrogen-bond donors (Lipinski definition) is 0. The lowest BCUT2D eigenvalue weighted by atomic mass is 10.0. The lowest BCUT2D eigenvalue weighted by Crippen LogP contribution is -2.46. The summed E-state index contributed by atoms with van der Waals surface area (Å²) >= 11 is 0. The minimum Gasteiger partial charge on any atom is -0.464 e. The van der Waals surface area contributed by atoms with E-state index in [1.54, 1.807) is 10.8 Å². The van der Waals surface area contributed by atoms with E-state index in [9.17, 15) is 4.79 Å². The summed E-state index contributed by atoms with van der Waals surface area (Å²) in [5.41, 5.74) is 0.721. The molecule has 1 aliphatic rings. The van der Waals surface area contributed by atoms with Crippen molar-refractivity contribution in [2.24, 2.45) is 0 Å². The summed E-state index contributed by atoms with van der Waals surface area (Å²) in [6.07, 6.45) is 4.43. The second-order valence-electron chi connectivity index (χ2n) is 5.93. The van der Waals surface area contributed by atoms with Crippen LogP contribution in [0.25, 0.3) is 16.4 Å². The van der Waals surface area contributed by atoms with Crippen LogP contribution in [0.3, 0.4) is 0 Å². The zero-order chi connectivity index (χ0) is 16.5. The lowest BCUT2D eigenvalue weighted by Gasteiger charge is -2.35. The molecule has 0 saturated carbocycles. The van der Waals surface area contributed by atoms with Crippen LogP contribution in [0.15, 0.2) is 30.6 Å². The van der Waals surface area contributed by atoms with Crippen molar-refractivity contribution in [1.29, 1.82) is 0 Å². The van der Waals surface area contributed by atoms with Crippen molar-refractivity contribution >= 4 is 28.2 Å². The van der Waals surface area contributed by atoms with E-state index in [1.807, 2.05) is 31.2 Å². The Bertz CT molecular complexity index is 891. The maximum Gasteiger partial charge on any atom is 0.328 e. The number of fused-ring (bicyclic) bond motifs is 3. The van der Waals surface area contributed by atoms with Gasteiger partial charge in [0.2, 0.25) is 0 Å². The Morgan fingerprint density at radius 3 is 2.96 bits per heavy atom. The van der Waals surface area contributed by atoms with Gasteiger partial charge in [0.25, 0.3) is 0 Å². The van der Waals surface area contributed by atoms with Crippen LogP contribution in [0.1, 0.15) is 26.2 Å². The van der Waals surface area contributed by atoms with Gasteiger partial charge in [0, 0.05) is 17.3 Å². The molecule has 24 heavy (non-hydrogen) atoms. The number of benzene rings is 1. The molecule has 7 nitrogen and oxygen atoms in total. The van der Waals surface area contributed by atoms with Gasteiger partial charge in [-0.25, -0.2) is 4.79 Å². The predicted molar refractivity (Wildman–Crippen MR) is 89.9 cm³/mol. The maximum atomic E-state index is 12.4. The molecule has 0 bridgehead atoms. The molecule has 3 aromatic rings. The van der Waals surface area contributed by atoms with Crippen molar-refractivity contribution in [3.8, 4) is 0 Å². The molecule has 0 radical (unpaired) electrons. The van der Waals surface area contributed by atoms with Gasteiger partial charge in [0.05, 0.1) is 6.61 Å². The Balaban J connectivity index is 1.87. The fourth-order valence-electron chi connectivity index (χ4n) is 3.39. The van der Waals surface area contributed by atoms with Gasteiger partial charge in [-0.1, -0.05) is 24.3 Å². The number of piperidine rings is 1. The fraction of sp³-hybridized carbons (Fsp3) is 0.412. The van der Waals surface area contributed by atoms with Gasteiger partial charge >= 0.3 is 5.97 Å². The number of hydrogen-bond acceptors (Lipinski definition) is 6. The summed E-state index contributed by atoms with van der Waals surface area (Å²) in [4.78, 5) is 14.5. The summed E-state index contributed by atoms with van der Waals surface area (Å²) in [7, 11) is 0. The van der Waals surface area contributed by atoms with Crippen LogP contribution in [0.4, 0.5) is 5.82 Å². The summed E-state index contributed by atoms with van der Waals surface area (Å²) in [5, 5.41) is 14.8. The molecule has 4 rings (SSSR count). The van der Waals surface area contributed by atoms with Gasteiger partial charge in [0.15, 0.2) is 11.5 Å². The molecule has 124 valence electrons. The smallest absolute Gasteiger partial charge is 0.328 e. The molecule has 0 aliphatic carbocycles. The second kappa shape index (κ2) is 6.07. The lowest BCUT2D eigenvalue weighted by molar-refractivity contribution is -0.145. The Kier molecular flexibility index (Phi) is 3.76. The van der Waals surface area contributed by atoms with Crippen molar-refractivity contribution in [3.63, 3.8) is 0 Å². The van der Waals surface area contributed by atoms with Crippen LogP contribution in [0.5, 0.6) is 0 Å². The number of ether oxygens (including phenoxy) is 1. The SMILES string of the molecule is CCOC(=O)C1CCCCN1c1nn2cnnc2c2ccccc12. The van der Waals surface area contributed by atoms with Crippen molar-refractivity contribution in [2.75, 3.05) is 18.1 Å². The van der Waals surface area contributed by atoms with E-state index in [0.29, 0.717) is 6.61 Å². The van der Waals surface area contributed by atoms with E-state index < -0.39 is 0 Å². The average Bonchev–Trinajstić information content (AvgIpc) is 3.10. The normalized spacial score (nSPS) is 18.2. The number of carbonyl (C=O) groups is 1. The molecule has 1 fully saturated rings. The molecule has 2 aromatic heterocycles. The highest BCUT2D eigenvalue weighted by Crippen LogP contribution is 2.31. The Morgan fingerprint density at radius 1 is 1.29 bits per heavy atom. The van der Waals surface area contributed by atoms with Gasteiger partial charge in [-0.05, 0) is 26.2 Å². The standard InChI is InChI=1S/C17H19N5O2/c1-2-24-17(23)14-9-5-6-10-21(14)16-13-8-4-3-7-12(13)15-19-18-11-22(15)20-16/h3-4,7-8,11,14H,2,5-6,9-10H2,1H3. The van der Waals surface area contributed by atoms with Gasteiger partial charge in [-0.15, -0.1) is 15.3 Å². The third-order valence-corrected chi connectivity index (χ3v) is 4.48. The molecule has 1 unspecified atom stereocenters. The minimum atomic E-state index is -0.288. The number of nitrogens with zero attached hydrogens (tertiary/aromatic N) is 5. The van der Waals surface area contributed by atoms with Gasteiger partial charge < -0.3 is 9.64 Å². The molecule has 1 saturated heterocycles. The average molecular weight is 325 g/mol. The van der Waals surface area contributed by atoms with Crippen LogP contribution in [-0.4, -0.2) is 45.0 Å². The summed E-state index contributed by atoms with van der Waals surface area (Å²) < 4.78 is 6.95. The minimum absolute atomic E-state index is 0.174. The third kappa shape index (κ3) is 2.36. The monoisotopic (exact) mass is 325 g/mol. The highest BCUT2D eigenvalue weighted by Gasteiger charge is 2.32. The number of anilines is 1. The summed E-state index contributed by atoms with van der Waals surface area (Å²) in [6.45, 7) is 3.01. The third-order valence-electron chi connectivity index (χ3n) is 4.48. The van der Waals surface area contributed by atoms with Gasteiger partial charge in [0.1, 0.15) is 12.4 Å². The fourth-order valence-corrected chi connectivity index (χ4v) is 3.39. The number of aromatic nitrogens is 4. The van der Waals surface area contributed by atoms with Crippen LogP contribution >= 0.6 is 0 Å². The van der Waals surface area contributed by atoms with E-state index in [2.05, 4.69) is 20.2 Å². The van der Waals surface area contributed by atoms with Crippen LogP contribution in [-0.2, 0) is 9.53 Å². The molecule has 3 heterocycles. The van der Waals surface area contributed by atoms with E-state index >= 15 is 0 Å². The predicted octanol–water partition coefficient (Wildman–Crippen LogP) is 2.20. The first-order valence-corrected chi connectivity index (χ1v) is 8.31. The first-order chi connectivity index (χ1) is 11.8. The number of rotatable bonds is 3. The molecule has 1 aliphatic heterocycles. The summed E-state index contributed by atoms with van der Waals surface area (Å²) in [6, 6.07) is 7.68. The molecule has 0 N–H and O–H groups in total.